The molecule has 35 heavy (non-hydrogen) atoms. The molecule has 1 aliphatic carbocycles. The number of hydrogen-bond acceptors (Lipinski definition) is 8. The van der Waals surface area contributed by atoms with Crippen LogP contribution < -0.4 is 19.7 Å². The fourth-order valence-electron chi connectivity index (χ4n) is 5.16. The van der Waals surface area contributed by atoms with E-state index in [2.05, 4.69) is 30.5 Å². The van der Waals surface area contributed by atoms with Gasteiger partial charge in [-0.1, -0.05) is 13.8 Å². The molecule has 9 nitrogen and oxygen atoms in total. The van der Waals surface area contributed by atoms with Crippen LogP contribution in [-0.4, -0.2) is 63.8 Å². The largest absolute Gasteiger partial charge is 0.480 e. The number of fused-ring (bicyclic) bond motifs is 3. The summed E-state index contributed by atoms with van der Waals surface area (Å²) in [5.74, 6) is 1.75. The van der Waals surface area contributed by atoms with E-state index in [1.165, 1.54) is 10.6 Å². The topological polar surface area (TPSA) is 89.7 Å². The lowest BCUT2D eigenvalue weighted by Gasteiger charge is -2.39. The molecule has 2 fully saturated rings. The second-order valence-corrected chi connectivity index (χ2v) is 9.49. The van der Waals surface area contributed by atoms with Gasteiger partial charge in [-0.05, 0) is 42.2 Å². The lowest BCUT2D eigenvalue weighted by Crippen LogP contribution is -2.48. The molecule has 12 heteroatoms. The molecule has 1 saturated heterocycles. The molecule has 0 aromatic carbocycles. The maximum Gasteiger partial charge on any atom is 0.422 e. The maximum absolute atomic E-state index is 12.8. The van der Waals surface area contributed by atoms with Crippen LogP contribution in [0.2, 0.25) is 0 Å². The average Bonchev–Trinajstić information content (AvgIpc) is 3.33. The van der Waals surface area contributed by atoms with Gasteiger partial charge in [0.05, 0.1) is 19.0 Å². The van der Waals surface area contributed by atoms with Gasteiger partial charge in [-0.2, -0.15) is 27.8 Å². The zero-order valence-corrected chi connectivity index (χ0v) is 19.8. The van der Waals surface area contributed by atoms with Crippen LogP contribution in [0.4, 0.5) is 24.8 Å². The molecule has 0 spiro atoms. The van der Waals surface area contributed by atoms with Gasteiger partial charge in [0.2, 0.25) is 17.7 Å². The number of hydrogen-bond donors (Lipinski definition) is 1. The molecule has 1 saturated carbocycles. The average molecular weight is 492 g/mol. The Morgan fingerprint density at radius 2 is 1.91 bits per heavy atom. The second kappa shape index (κ2) is 9.04. The van der Waals surface area contributed by atoms with Crippen molar-refractivity contribution in [1.82, 2.24) is 24.8 Å². The van der Waals surface area contributed by atoms with Gasteiger partial charge >= 0.3 is 6.18 Å². The summed E-state index contributed by atoms with van der Waals surface area (Å²) >= 11 is 0. The van der Waals surface area contributed by atoms with E-state index in [0.717, 1.165) is 37.2 Å². The third kappa shape index (κ3) is 4.78. The summed E-state index contributed by atoms with van der Waals surface area (Å²) < 4.78 is 49.9. The van der Waals surface area contributed by atoms with Crippen LogP contribution in [0, 0.1) is 11.8 Å². The smallest absolute Gasteiger partial charge is 0.422 e. The number of methoxy groups -OCH3 is 1. The molecule has 3 atom stereocenters. The normalized spacial score (nSPS) is 22.1. The van der Waals surface area contributed by atoms with E-state index < -0.39 is 12.8 Å². The first-order valence-electron chi connectivity index (χ1n) is 11.7. The Labute approximate surface area is 200 Å². The highest BCUT2D eigenvalue weighted by atomic mass is 19.4. The van der Waals surface area contributed by atoms with E-state index in [1.807, 2.05) is 19.9 Å². The molecule has 4 heterocycles. The minimum atomic E-state index is -4.44. The fraction of sp³-hybridized carbons (Fsp3) is 0.565. The highest BCUT2D eigenvalue weighted by molar-refractivity contribution is 5.55. The van der Waals surface area contributed by atoms with Gasteiger partial charge in [-0.25, -0.2) is 0 Å². The van der Waals surface area contributed by atoms with Crippen molar-refractivity contribution >= 4 is 17.3 Å². The van der Waals surface area contributed by atoms with E-state index in [4.69, 9.17) is 9.47 Å². The van der Waals surface area contributed by atoms with Crippen molar-refractivity contribution < 1.29 is 22.6 Å². The van der Waals surface area contributed by atoms with Crippen molar-refractivity contribution in [1.29, 1.82) is 0 Å². The number of rotatable bonds is 7. The summed E-state index contributed by atoms with van der Waals surface area (Å²) in [6.45, 7) is 4.31. The number of ether oxygens (including phenoxy) is 2. The molecule has 0 amide bonds. The Hall–Kier alpha value is -3.31. The van der Waals surface area contributed by atoms with Gasteiger partial charge in [0.1, 0.15) is 0 Å². The summed E-state index contributed by atoms with van der Waals surface area (Å²) in [7, 11) is 1.57. The fourth-order valence-corrected chi connectivity index (χ4v) is 5.16. The monoisotopic (exact) mass is 491 g/mol. The Kier molecular flexibility index (Phi) is 6.06. The number of pyridine rings is 1. The van der Waals surface area contributed by atoms with Crippen LogP contribution in [-0.2, 0) is 0 Å². The van der Waals surface area contributed by atoms with Gasteiger partial charge in [-0.15, -0.1) is 10.2 Å². The zero-order chi connectivity index (χ0) is 24.7. The van der Waals surface area contributed by atoms with Gasteiger partial charge in [0, 0.05) is 31.3 Å². The second-order valence-electron chi connectivity index (χ2n) is 9.49. The zero-order valence-electron chi connectivity index (χ0n) is 19.8. The van der Waals surface area contributed by atoms with Crippen LogP contribution in [0.15, 0.2) is 24.4 Å². The minimum absolute atomic E-state index is 0.0131. The minimum Gasteiger partial charge on any atom is -0.480 e. The van der Waals surface area contributed by atoms with E-state index in [0.29, 0.717) is 29.3 Å². The van der Waals surface area contributed by atoms with Gasteiger partial charge in [0.25, 0.3) is 0 Å². The molecule has 2 aliphatic rings. The highest BCUT2D eigenvalue weighted by Gasteiger charge is 2.43. The predicted octanol–water partition coefficient (Wildman–Crippen LogP) is 3.92. The summed E-state index contributed by atoms with van der Waals surface area (Å²) in [5.41, 5.74) is 2.37. The molecular formula is C23H28F3N7O2. The maximum atomic E-state index is 12.8. The van der Waals surface area contributed by atoms with Crippen LogP contribution in [0.1, 0.15) is 38.2 Å². The molecule has 2 bridgehead atoms. The summed E-state index contributed by atoms with van der Waals surface area (Å²) in [5, 5.41) is 16.0. The van der Waals surface area contributed by atoms with Crippen molar-refractivity contribution in [3.63, 3.8) is 0 Å². The third-order valence-electron chi connectivity index (χ3n) is 6.81. The summed E-state index contributed by atoms with van der Waals surface area (Å²) in [4.78, 5) is 6.96. The van der Waals surface area contributed by atoms with E-state index in [-0.39, 0.29) is 17.8 Å². The van der Waals surface area contributed by atoms with Crippen molar-refractivity contribution in [2.24, 2.45) is 11.8 Å². The van der Waals surface area contributed by atoms with Crippen LogP contribution in [0.25, 0.3) is 5.65 Å². The van der Waals surface area contributed by atoms with Crippen molar-refractivity contribution in [2.45, 2.75) is 44.8 Å². The van der Waals surface area contributed by atoms with Crippen molar-refractivity contribution in [2.75, 3.05) is 37.0 Å². The quantitative estimate of drug-likeness (QED) is 0.532. The summed E-state index contributed by atoms with van der Waals surface area (Å²) in [6.07, 6.45) is -0.556. The number of nitrogens with one attached hydrogen (secondary N) is 1. The first kappa shape index (κ1) is 23.4. The molecule has 3 aromatic heterocycles. The van der Waals surface area contributed by atoms with E-state index in [1.54, 1.807) is 19.4 Å². The number of piperidine rings is 1. The molecule has 188 valence electrons. The SMILES string of the molecule is COc1cc(N2CC3CC[C@H](C2)[C@H]3Nc2nc3c(C(C)C)ccc(OCC(F)(F)F)n3n2)cnn1. The van der Waals surface area contributed by atoms with Gasteiger partial charge in [-0.3, -0.25) is 0 Å². The molecule has 1 unspecified atom stereocenters. The first-order chi connectivity index (χ1) is 16.7. The lowest BCUT2D eigenvalue weighted by atomic mass is 9.92. The Balaban J connectivity index is 1.37. The standard InChI is InChI=1S/C23H28F3N7O2/c1-13(2)17-6-7-19(35-12-23(24,25)26)33-21(17)29-22(31-33)28-20-14-4-5-15(20)11-32(10-14)16-8-18(34-3)30-27-9-16/h6-9,13-15,20H,4-5,10-12H2,1-3H3,(H,28,31)/t14-,15?,20-/m1/s1. The van der Waals surface area contributed by atoms with Gasteiger partial charge < -0.3 is 19.7 Å². The van der Waals surface area contributed by atoms with Crippen molar-refractivity contribution in [3.05, 3.63) is 30.0 Å². The van der Waals surface area contributed by atoms with Crippen molar-refractivity contribution in [3.8, 4) is 11.8 Å². The molecule has 1 N–H and O–H groups in total. The molecule has 1 aliphatic heterocycles. The van der Waals surface area contributed by atoms with Crippen LogP contribution in [0.5, 0.6) is 11.8 Å². The number of anilines is 2. The van der Waals surface area contributed by atoms with E-state index in [9.17, 15) is 13.2 Å². The number of aromatic nitrogens is 5. The van der Waals surface area contributed by atoms with Crippen LogP contribution in [0.3, 0.4) is 0 Å². The highest BCUT2D eigenvalue weighted by Crippen LogP contribution is 2.40. The lowest BCUT2D eigenvalue weighted by molar-refractivity contribution is -0.154. The Morgan fingerprint density at radius 1 is 1.17 bits per heavy atom. The van der Waals surface area contributed by atoms with Gasteiger partial charge in [0.15, 0.2) is 12.3 Å². The Bertz CT molecular complexity index is 1190. The summed E-state index contributed by atoms with van der Waals surface area (Å²) in [6, 6.07) is 5.33. The van der Waals surface area contributed by atoms with Crippen LogP contribution >= 0.6 is 0 Å². The number of halogens is 3. The first-order valence-corrected chi connectivity index (χ1v) is 11.7. The number of nitrogens with zero attached hydrogens (tertiary/aromatic N) is 6. The molecule has 0 radical (unpaired) electrons. The van der Waals surface area contributed by atoms with E-state index >= 15 is 0 Å². The molecule has 5 rings (SSSR count). The third-order valence-corrected chi connectivity index (χ3v) is 6.81. The predicted molar refractivity (Wildman–Crippen MR) is 123 cm³/mol. The molecular weight excluding hydrogens is 463 g/mol. The number of alkyl halides is 3. The molecule has 3 aromatic rings. The Morgan fingerprint density at radius 3 is 2.57 bits per heavy atom.